The van der Waals surface area contributed by atoms with E-state index in [0.717, 1.165) is 6.20 Å². The molecule has 18 heavy (non-hydrogen) atoms. The number of nitrogens with zero attached hydrogens (tertiary/aromatic N) is 1. The molecule has 0 aromatic carbocycles. The molecule has 6 nitrogen and oxygen atoms in total. The van der Waals surface area contributed by atoms with E-state index in [-0.39, 0.29) is 22.9 Å². The van der Waals surface area contributed by atoms with Crippen LogP contribution >= 0.6 is 0 Å². The van der Waals surface area contributed by atoms with Crippen LogP contribution in [0.3, 0.4) is 0 Å². The van der Waals surface area contributed by atoms with E-state index in [1.165, 1.54) is 12.3 Å². The van der Waals surface area contributed by atoms with Gasteiger partial charge in [-0.3, -0.25) is 9.71 Å². The highest BCUT2D eigenvalue weighted by Crippen LogP contribution is 2.12. The number of anilines is 1. The SMILES string of the molecule is CC(C)CCS(=O)(=O)Nc1cncc(C(=O)O)c1. The van der Waals surface area contributed by atoms with Crippen molar-refractivity contribution in [2.45, 2.75) is 20.3 Å². The molecule has 2 N–H and O–H groups in total. The first-order valence-corrected chi connectivity index (χ1v) is 7.14. The highest BCUT2D eigenvalue weighted by atomic mass is 32.2. The maximum Gasteiger partial charge on any atom is 0.337 e. The Morgan fingerprint density at radius 1 is 1.44 bits per heavy atom. The van der Waals surface area contributed by atoms with Gasteiger partial charge in [0.2, 0.25) is 10.0 Å². The molecule has 0 saturated heterocycles. The van der Waals surface area contributed by atoms with Crippen molar-refractivity contribution in [3.63, 3.8) is 0 Å². The van der Waals surface area contributed by atoms with Crippen LogP contribution in [-0.2, 0) is 10.0 Å². The van der Waals surface area contributed by atoms with Gasteiger partial charge in [-0.1, -0.05) is 13.8 Å². The summed E-state index contributed by atoms with van der Waals surface area (Å²) in [5.74, 6) is -0.863. The van der Waals surface area contributed by atoms with Gasteiger partial charge >= 0.3 is 5.97 Å². The number of pyridine rings is 1. The van der Waals surface area contributed by atoms with Crippen LogP contribution in [0.2, 0.25) is 0 Å². The highest BCUT2D eigenvalue weighted by Gasteiger charge is 2.13. The summed E-state index contributed by atoms with van der Waals surface area (Å²) >= 11 is 0. The van der Waals surface area contributed by atoms with Gasteiger partial charge in [0.05, 0.1) is 23.2 Å². The Morgan fingerprint density at radius 3 is 2.67 bits per heavy atom. The van der Waals surface area contributed by atoms with E-state index in [2.05, 4.69) is 9.71 Å². The van der Waals surface area contributed by atoms with Gasteiger partial charge in [-0.2, -0.15) is 0 Å². The predicted molar refractivity (Wildman–Crippen MR) is 68.1 cm³/mol. The first-order chi connectivity index (χ1) is 8.30. The Balaban J connectivity index is 2.78. The molecule has 7 heteroatoms. The number of hydrogen-bond acceptors (Lipinski definition) is 4. The number of sulfonamides is 1. The number of hydrogen-bond donors (Lipinski definition) is 2. The first kappa shape index (κ1) is 14.4. The van der Waals surface area contributed by atoms with Gasteiger partial charge in [-0.05, 0) is 18.4 Å². The van der Waals surface area contributed by atoms with Crippen LogP contribution in [0.25, 0.3) is 0 Å². The van der Waals surface area contributed by atoms with Crippen LogP contribution < -0.4 is 4.72 Å². The molecule has 100 valence electrons. The third-order valence-corrected chi connectivity index (χ3v) is 3.54. The predicted octanol–water partition coefficient (Wildman–Crippen LogP) is 1.57. The van der Waals surface area contributed by atoms with Crippen LogP contribution in [-0.4, -0.2) is 30.2 Å². The maximum atomic E-state index is 11.7. The molecule has 0 spiro atoms. The average Bonchev–Trinajstić information content (AvgIpc) is 2.26. The number of aromatic nitrogens is 1. The van der Waals surface area contributed by atoms with E-state index in [9.17, 15) is 13.2 Å². The smallest absolute Gasteiger partial charge is 0.337 e. The summed E-state index contributed by atoms with van der Waals surface area (Å²) in [6, 6.07) is 1.24. The molecule has 0 amide bonds. The van der Waals surface area contributed by atoms with Gasteiger partial charge in [0.25, 0.3) is 0 Å². The third-order valence-electron chi connectivity index (χ3n) is 2.22. The lowest BCUT2D eigenvalue weighted by atomic mass is 10.2. The van der Waals surface area contributed by atoms with Crippen molar-refractivity contribution < 1.29 is 18.3 Å². The Hall–Kier alpha value is -1.63. The molecule has 1 aromatic heterocycles. The molecule has 0 aliphatic carbocycles. The Kier molecular flexibility index (Phi) is 4.66. The number of rotatable bonds is 6. The number of carbonyl (C=O) groups is 1. The molecule has 0 radical (unpaired) electrons. The standard InChI is InChI=1S/C11H16N2O4S/c1-8(2)3-4-18(16,17)13-10-5-9(11(14)15)6-12-7-10/h5-8,13H,3-4H2,1-2H3,(H,14,15). The van der Waals surface area contributed by atoms with Crippen LogP contribution in [0.1, 0.15) is 30.6 Å². The molecule has 1 heterocycles. The Bertz CT molecular complexity index is 526. The topological polar surface area (TPSA) is 96.4 Å². The Labute approximate surface area is 106 Å². The fourth-order valence-electron chi connectivity index (χ4n) is 1.23. The Morgan fingerprint density at radius 2 is 2.11 bits per heavy atom. The normalized spacial score (nSPS) is 11.5. The number of carboxylic acids is 1. The van der Waals surface area contributed by atoms with Crippen LogP contribution in [0.4, 0.5) is 5.69 Å². The molecule has 0 unspecified atom stereocenters. The minimum atomic E-state index is -3.46. The number of carboxylic acid groups (broad SMARTS) is 1. The summed E-state index contributed by atoms with van der Waals surface area (Å²) in [5, 5.41) is 8.77. The second-order valence-corrected chi connectivity index (χ2v) is 6.21. The third kappa shape index (κ3) is 4.70. The molecule has 0 aliphatic rings. The maximum absolute atomic E-state index is 11.7. The fourth-order valence-corrected chi connectivity index (χ4v) is 2.59. The molecular formula is C11H16N2O4S. The minimum Gasteiger partial charge on any atom is -0.478 e. The second-order valence-electron chi connectivity index (χ2n) is 4.37. The molecule has 1 aromatic rings. The summed E-state index contributed by atoms with van der Waals surface area (Å²) in [6.07, 6.45) is 2.98. The van der Waals surface area contributed by atoms with Crippen molar-refractivity contribution in [1.29, 1.82) is 0 Å². The van der Waals surface area contributed by atoms with Gasteiger partial charge in [-0.15, -0.1) is 0 Å². The monoisotopic (exact) mass is 272 g/mol. The van der Waals surface area contributed by atoms with Crippen LogP contribution in [0.5, 0.6) is 0 Å². The molecule has 0 aliphatic heterocycles. The molecular weight excluding hydrogens is 256 g/mol. The van der Waals surface area contributed by atoms with Gasteiger partial charge in [0.15, 0.2) is 0 Å². The van der Waals surface area contributed by atoms with Gasteiger partial charge in [-0.25, -0.2) is 13.2 Å². The quantitative estimate of drug-likeness (QED) is 0.819. The minimum absolute atomic E-state index is 0.00195. The lowest BCUT2D eigenvalue weighted by Crippen LogP contribution is -2.18. The van der Waals surface area contributed by atoms with E-state index < -0.39 is 16.0 Å². The van der Waals surface area contributed by atoms with Crippen LogP contribution in [0.15, 0.2) is 18.5 Å². The van der Waals surface area contributed by atoms with Crippen molar-refractivity contribution in [1.82, 2.24) is 4.98 Å². The molecule has 0 atom stereocenters. The average molecular weight is 272 g/mol. The molecule has 0 bridgehead atoms. The van der Waals surface area contributed by atoms with E-state index in [4.69, 9.17) is 5.11 Å². The number of nitrogens with one attached hydrogen (secondary N) is 1. The summed E-state index contributed by atoms with van der Waals surface area (Å²) in [4.78, 5) is 14.4. The highest BCUT2D eigenvalue weighted by molar-refractivity contribution is 7.92. The number of aromatic carboxylic acids is 1. The van der Waals surface area contributed by atoms with Crippen molar-refractivity contribution >= 4 is 21.7 Å². The van der Waals surface area contributed by atoms with Crippen molar-refractivity contribution in [2.75, 3.05) is 10.5 Å². The van der Waals surface area contributed by atoms with Crippen molar-refractivity contribution in [3.8, 4) is 0 Å². The summed E-state index contributed by atoms with van der Waals surface area (Å²) < 4.78 is 25.7. The largest absolute Gasteiger partial charge is 0.478 e. The lowest BCUT2D eigenvalue weighted by molar-refractivity contribution is 0.0696. The van der Waals surface area contributed by atoms with E-state index >= 15 is 0 Å². The van der Waals surface area contributed by atoms with E-state index in [1.807, 2.05) is 13.8 Å². The fraction of sp³-hybridized carbons (Fsp3) is 0.455. The van der Waals surface area contributed by atoms with Gasteiger partial charge in [0.1, 0.15) is 0 Å². The molecule has 1 rings (SSSR count). The van der Waals surface area contributed by atoms with Crippen molar-refractivity contribution in [2.24, 2.45) is 5.92 Å². The summed E-state index contributed by atoms with van der Waals surface area (Å²) in [7, 11) is -3.46. The molecule has 0 saturated carbocycles. The van der Waals surface area contributed by atoms with E-state index in [1.54, 1.807) is 0 Å². The van der Waals surface area contributed by atoms with Gasteiger partial charge in [0, 0.05) is 6.20 Å². The second kappa shape index (κ2) is 5.81. The van der Waals surface area contributed by atoms with Crippen molar-refractivity contribution in [3.05, 3.63) is 24.0 Å². The van der Waals surface area contributed by atoms with E-state index in [0.29, 0.717) is 6.42 Å². The summed E-state index contributed by atoms with van der Waals surface area (Å²) in [6.45, 7) is 3.87. The zero-order valence-corrected chi connectivity index (χ0v) is 11.1. The first-order valence-electron chi connectivity index (χ1n) is 5.49. The lowest BCUT2D eigenvalue weighted by Gasteiger charge is -2.09. The van der Waals surface area contributed by atoms with Gasteiger partial charge < -0.3 is 5.11 Å². The molecule has 0 fully saturated rings. The summed E-state index contributed by atoms with van der Waals surface area (Å²) in [5.41, 5.74) is 0.109. The van der Waals surface area contributed by atoms with Crippen LogP contribution in [0, 0.1) is 5.92 Å². The zero-order valence-electron chi connectivity index (χ0n) is 10.3. The zero-order chi connectivity index (χ0) is 13.8.